The standard InChI is InChI=1S/C14H21F3N2O3/c1-12(2,3)22-11(21)19-7-4-5-13(19)6-8-18(9-13)10(20)14(15,16)17/h4-9H2,1-3H3/t13-/m0/s1. The first-order chi connectivity index (χ1) is 9.95. The molecule has 2 heterocycles. The van der Waals surface area contributed by atoms with E-state index in [-0.39, 0.29) is 13.1 Å². The average molecular weight is 322 g/mol. The number of ether oxygens (including phenoxy) is 1. The Labute approximate surface area is 127 Å². The molecule has 0 aliphatic carbocycles. The molecule has 0 unspecified atom stereocenters. The van der Waals surface area contributed by atoms with E-state index in [0.29, 0.717) is 25.8 Å². The third-order valence-electron chi connectivity index (χ3n) is 4.07. The molecule has 8 heteroatoms. The van der Waals surface area contributed by atoms with Gasteiger partial charge in [-0.2, -0.15) is 13.2 Å². The summed E-state index contributed by atoms with van der Waals surface area (Å²) in [5, 5.41) is 0. The summed E-state index contributed by atoms with van der Waals surface area (Å²) in [5.74, 6) is -1.83. The fourth-order valence-electron chi connectivity index (χ4n) is 3.17. The number of likely N-dealkylation sites (tertiary alicyclic amines) is 2. The summed E-state index contributed by atoms with van der Waals surface area (Å²) < 4.78 is 43.0. The van der Waals surface area contributed by atoms with Crippen molar-refractivity contribution in [3.63, 3.8) is 0 Å². The van der Waals surface area contributed by atoms with E-state index in [1.54, 1.807) is 20.8 Å². The van der Waals surface area contributed by atoms with Crippen molar-refractivity contribution >= 4 is 12.0 Å². The van der Waals surface area contributed by atoms with Gasteiger partial charge in [0, 0.05) is 19.6 Å². The normalized spacial score (nSPS) is 25.9. The van der Waals surface area contributed by atoms with Gasteiger partial charge in [0.25, 0.3) is 0 Å². The Kier molecular flexibility index (Phi) is 4.08. The lowest BCUT2D eigenvalue weighted by atomic mass is 9.95. The van der Waals surface area contributed by atoms with E-state index in [4.69, 9.17) is 4.74 Å². The molecule has 2 aliphatic heterocycles. The van der Waals surface area contributed by atoms with Gasteiger partial charge in [-0.3, -0.25) is 4.79 Å². The van der Waals surface area contributed by atoms with Crippen LogP contribution < -0.4 is 0 Å². The summed E-state index contributed by atoms with van der Waals surface area (Å²) in [7, 11) is 0. The molecule has 0 aromatic rings. The van der Waals surface area contributed by atoms with Crippen LogP contribution >= 0.6 is 0 Å². The molecular weight excluding hydrogens is 301 g/mol. The van der Waals surface area contributed by atoms with Gasteiger partial charge >= 0.3 is 18.2 Å². The van der Waals surface area contributed by atoms with E-state index < -0.39 is 29.3 Å². The summed E-state index contributed by atoms with van der Waals surface area (Å²) in [5.41, 5.74) is -1.38. The van der Waals surface area contributed by atoms with Crippen LogP contribution in [0.15, 0.2) is 0 Å². The quantitative estimate of drug-likeness (QED) is 0.689. The number of nitrogens with zero attached hydrogens (tertiary/aromatic N) is 2. The van der Waals surface area contributed by atoms with Crippen LogP contribution in [0.5, 0.6) is 0 Å². The van der Waals surface area contributed by atoms with Crippen molar-refractivity contribution in [3.05, 3.63) is 0 Å². The maximum atomic E-state index is 12.6. The third kappa shape index (κ3) is 3.30. The number of hydrogen-bond donors (Lipinski definition) is 0. The van der Waals surface area contributed by atoms with Crippen LogP contribution in [0, 0.1) is 0 Å². The zero-order chi connectivity index (χ0) is 16.8. The second-order valence-electron chi connectivity index (χ2n) is 6.93. The van der Waals surface area contributed by atoms with Gasteiger partial charge in [-0.05, 0) is 40.0 Å². The topological polar surface area (TPSA) is 49.9 Å². The zero-order valence-corrected chi connectivity index (χ0v) is 13.0. The molecule has 5 nitrogen and oxygen atoms in total. The van der Waals surface area contributed by atoms with E-state index in [1.807, 2.05) is 0 Å². The predicted molar refractivity (Wildman–Crippen MR) is 72.2 cm³/mol. The van der Waals surface area contributed by atoms with Crippen LogP contribution in [0.1, 0.15) is 40.0 Å². The van der Waals surface area contributed by atoms with E-state index in [9.17, 15) is 22.8 Å². The summed E-state index contributed by atoms with van der Waals surface area (Å²) in [6, 6.07) is 0. The van der Waals surface area contributed by atoms with Gasteiger partial charge in [-0.15, -0.1) is 0 Å². The van der Waals surface area contributed by atoms with E-state index >= 15 is 0 Å². The average Bonchev–Trinajstić information content (AvgIpc) is 2.93. The number of carbonyl (C=O) groups is 2. The molecule has 0 radical (unpaired) electrons. The molecule has 0 aromatic heterocycles. The zero-order valence-electron chi connectivity index (χ0n) is 13.0. The first kappa shape index (κ1) is 16.9. The summed E-state index contributed by atoms with van der Waals surface area (Å²) in [6.07, 6.45) is -3.75. The Morgan fingerprint density at radius 2 is 1.73 bits per heavy atom. The Morgan fingerprint density at radius 1 is 1.09 bits per heavy atom. The third-order valence-corrected chi connectivity index (χ3v) is 4.07. The van der Waals surface area contributed by atoms with Crippen molar-refractivity contribution in [1.29, 1.82) is 0 Å². The van der Waals surface area contributed by atoms with Gasteiger partial charge in [-0.25, -0.2) is 4.79 Å². The van der Waals surface area contributed by atoms with Crippen molar-refractivity contribution in [1.82, 2.24) is 9.80 Å². The Morgan fingerprint density at radius 3 is 2.27 bits per heavy atom. The molecule has 22 heavy (non-hydrogen) atoms. The van der Waals surface area contributed by atoms with Crippen LogP contribution in [0.25, 0.3) is 0 Å². The number of alkyl halides is 3. The van der Waals surface area contributed by atoms with Crippen LogP contribution in [0.3, 0.4) is 0 Å². The minimum atomic E-state index is -4.87. The lowest BCUT2D eigenvalue weighted by molar-refractivity contribution is -0.184. The smallest absolute Gasteiger partial charge is 0.444 e. The predicted octanol–water partition coefficient (Wildman–Crippen LogP) is 2.55. The summed E-state index contributed by atoms with van der Waals surface area (Å²) in [4.78, 5) is 25.9. The Hall–Kier alpha value is -1.47. The molecule has 2 fully saturated rings. The minimum absolute atomic E-state index is 0.0115. The first-order valence-electron chi connectivity index (χ1n) is 7.31. The molecule has 0 saturated carbocycles. The molecule has 0 aromatic carbocycles. The second kappa shape index (κ2) is 5.31. The summed E-state index contributed by atoms with van der Waals surface area (Å²) in [6.45, 7) is 5.59. The molecule has 2 saturated heterocycles. The van der Waals surface area contributed by atoms with Crippen LogP contribution in [-0.2, 0) is 9.53 Å². The number of rotatable bonds is 0. The van der Waals surface area contributed by atoms with Gasteiger partial charge in [0.15, 0.2) is 0 Å². The molecule has 0 N–H and O–H groups in total. The molecule has 1 atom stereocenters. The van der Waals surface area contributed by atoms with Crippen LogP contribution in [0.2, 0.25) is 0 Å². The van der Waals surface area contributed by atoms with Gasteiger partial charge in [0.05, 0.1) is 5.54 Å². The SMILES string of the molecule is CC(C)(C)OC(=O)N1CCC[C@@]12CCN(C(=O)C(F)(F)F)C2. The number of hydrogen-bond acceptors (Lipinski definition) is 3. The van der Waals surface area contributed by atoms with E-state index in [1.165, 1.54) is 4.90 Å². The largest absolute Gasteiger partial charge is 0.471 e. The van der Waals surface area contributed by atoms with Gasteiger partial charge in [0.1, 0.15) is 5.60 Å². The van der Waals surface area contributed by atoms with Crippen molar-refractivity contribution < 1.29 is 27.5 Å². The van der Waals surface area contributed by atoms with Crippen LogP contribution in [0.4, 0.5) is 18.0 Å². The molecule has 1 spiro atoms. The molecule has 0 bridgehead atoms. The van der Waals surface area contributed by atoms with Gasteiger partial charge in [0.2, 0.25) is 0 Å². The van der Waals surface area contributed by atoms with Crippen molar-refractivity contribution in [2.45, 2.75) is 57.3 Å². The summed E-state index contributed by atoms with van der Waals surface area (Å²) >= 11 is 0. The molecular formula is C14H21F3N2O3. The number of carbonyl (C=O) groups excluding carboxylic acids is 2. The van der Waals surface area contributed by atoms with Crippen molar-refractivity contribution in [2.75, 3.05) is 19.6 Å². The van der Waals surface area contributed by atoms with Gasteiger partial charge in [-0.1, -0.05) is 0 Å². The first-order valence-corrected chi connectivity index (χ1v) is 7.31. The Balaban J connectivity index is 2.11. The van der Waals surface area contributed by atoms with Crippen molar-refractivity contribution in [3.8, 4) is 0 Å². The molecule has 2 amide bonds. The highest BCUT2D eigenvalue weighted by molar-refractivity contribution is 5.82. The van der Waals surface area contributed by atoms with Gasteiger partial charge < -0.3 is 14.5 Å². The van der Waals surface area contributed by atoms with E-state index in [2.05, 4.69) is 0 Å². The highest BCUT2D eigenvalue weighted by Crippen LogP contribution is 2.39. The fourth-order valence-corrected chi connectivity index (χ4v) is 3.17. The molecule has 2 rings (SSSR count). The molecule has 2 aliphatic rings. The Bertz CT molecular complexity index is 473. The van der Waals surface area contributed by atoms with Crippen LogP contribution in [-0.4, -0.2) is 58.8 Å². The maximum Gasteiger partial charge on any atom is 0.471 e. The lowest BCUT2D eigenvalue weighted by Gasteiger charge is -2.36. The number of halogens is 3. The maximum absolute atomic E-state index is 12.6. The monoisotopic (exact) mass is 322 g/mol. The fraction of sp³-hybridized carbons (Fsp3) is 0.857. The number of amides is 2. The molecule has 126 valence electrons. The minimum Gasteiger partial charge on any atom is -0.444 e. The second-order valence-corrected chi connectivity index (χ2v) is 6.93. The highest BCUT2D eigenvalue weighted by atomic mass is 19.4. The van der Waals surface area contributed by atoms with E-state index in [0.717, 1.165) is 4.90 Å². The lowest BCUT2D eigenvalue weighted by Crippen LogP contribution is -2.52. The highest BCUT2D eigenvalue weighted by Gasteiger charge is 2.53. The van der Waals surface area contributed by atoms with Crippen molar-refractivity contribution in [2.24, 2.45) is 0 Å².